The third-order valence-electron chi connectivity index (χ3n) is 3.75. The summed E-state index contributed by atoms with van der Waals surface area (Å²) in [7, 11) is 4.31. The van der Waals surface area contributed by atoms with Crippen molar-refractivity contribution in [3.8, 4) is 0 Å². The van der Waals surface area contributed by atoms with Crippen molar-refractivity contribution in [2.24, 2.45) is 5.73 Å². The summed E-state index contributed by atoms with van der Waals surface area (Å²) in [5.41, 5.74) is 6.15. The van der Waals surface area contributed by atoms with Gasteiger partial charge >= 0.3 is 0 Å². The minimum atomic E-state index is 0.266. The Labute approximate surface area is 80.9 Å². The number of nitrogens with two attached hydrogens (primary N) is 1. The van der Waals surface area contributed by atoms with Crippen molar-refractivity contribution in [3.63, 3.8) is 0 Å². The summed E-state index contributed by atoms with van der Waals surface area (Å²) in [6, 6.07) is 0.897. The van der Waals surface area contributed by atoms with E-state index in [-0.39, 0.29) is 5.54 Å². The molecule has 3 nitrogen and oxygen atoms in total. The first-order chi connectivity index (χ1) is 6.18. The molecule has 1 saturated heterocycles. The van der Waals surface area contributed by atoms with E-state index in [1.54, 1.807) is 0 Å². The van der Waals surface area contributed by atoms with Crippen LogP contribution in [0.15, 0.2) is 0 Å². The van der Waals surface area contributed by atoms with Crippen molar-refractivity contribution in [2.45, 2.75) is 30.8 Å². The Morgan fingerprint density at radius 1 is 1.46 bits per heavy atom. The maximum atomic E-state index is 5.88. The molecule has 2 aliphatic rings. The van der Waals surface area contributed by atoms with Crippen LogP contribution >= 0.6 is 0 Å². The standard InChI is InChI=1S/C10H21N3/c1-12(2)10(7-11)5-6-13(8-10)9-3-4-9/h9H,3-8,11H2,1-2H3. The highest BCUT2D eigenvalue weighted by Gasteiger charge is 2.43. The van der Waals surface area contributed by atoms with Gasteiger partial charge in [-0.1, -0.05) is 0 Å². The molecule has 2 rings (SSSR count). The molecular weight excluding hydrogens is 162 g/mol. The molecule has 1 atom stereocenters. The summed E-state index contributed by atoms with van der Waals surface area (Å²) in [5.74, 6) is 0. The monoisotopic (exact) mass is 183 g/mol. The number of hydrogen-bond acceptors (Lipinski definition) is 3. The van der Waals surface area contributed by atoms with E-state index in [4.69, 9.17) is 5.73 Å². The van der Waals surface area contributed by atoms with E-state index in [1.807, 2.05) is 0 Å². The Morgan fingerprint density at radius 2 is 2.15 bits per heavy atom. The lowest BCUT2D eigenvalue weighted by molar-refractivity contribution is 0.159. The van der Waals surface area contributed by atoms with Crippen molar-refractivity contribution in [2.75, 3.05) is 33.7 Å². The van der Waals surface area contributed by atoms with Gasteiger partial charge in [0.2, 0.25) is 0 Å². The first-order valence-corrected chi connectivity index (χ1v) is 5.29. The predicted octanol–water partition coefficient (Wildman–Crippen LogP) is 0.114. The number of hydrogen-bond donors (Lipinski definition) is 1. The second-order valence-electron chi connectivity index (χ2n) is 4.77. The summed E-state index contributed by atoms with van der Waals surface area (Å²) in [4.78, 5) is 4.93. The van der Waals surface area contributed by atoms with E-state index in [1.165, 1.54) is 32.4 Å². The van der Waals surface area contributed by atoms with Gasteiger partial charge in [0.1, 0.15) is 0 Å². The summed E-state index contributed by atoms with van der Waals surface area (Å²) in [5, 5.41) is 0. The van der Waals surface area contributed by atoms with Crippen LogP contribution in [0.1, 0.15) is 19.3 Å². The molecule has 0 spiro atoms. The molecule has 0 amide bonds. The number of nitrogens with zero attached hydrogens (tertiary/aromatic N) is 2. The van der Waals surface area contributed by atoms with E-state index < -0.39 is 0 Å². The van der Waals surface area contributed by atoms with E-state index >= 15 is 0 Å². The fraction of sp³-hybridized carbons (Fsp3) is 1.00. The largest absolute Gasteiger partial charge is 0.329 e. The smallest absolute Gasteiger partial charge is 0.0464 e. The first kappa shape index (κ1) is 9.44. The molecular formula is C10H21N3. The Bertz CT molecular complexity index is 189. The Morgan fingerprint density at radius 3 is 2.54 bits per heavy atom. The van der Waals surface area contributed by atoms with Gasteiger partial charge in [-0.05, 0) is 33.4 Å². The van der Waals surface area contributed by atoms with Crippen LogP contribution < -0.4 is 5.73 Å². The number of likely N-dealkylation sites (N-methyl/N-ethyl adjacent to an activating group) is 1. The number of likely N-dealkylation sites (tertiary alicyclic amines) is 1. The van der Waals surface area contributed by atoms with Gasteiger partial charge in [-0.3, -0.25) is 4.90 Å². The normalized spacial score (nSPS) is 36.0. The van der Waals surface area contributed by atoms with Gasteiger partial charge in [-0.25, -0.2) is 0 Å². The predicted molar refractivity (Wildman–Crippen MR) is 54.7 cm³/mol. The summed E-state index contributed by atoms with van der Waals surface area (Å²) in [6.45, 7) is 3.23. The first-order valence-electron chi connectivity index (χ1n) is 5.29. The quantitative estimate of drug-likeness (QED) is 0.674. The van der Waals surface area contributed by atoms with Crippen molar-refractivity contribution in [1.29, 1.82) is 0 Å². The second-order valence-corrected chi connectivity index (χ2v) is 4.77. The maximum Gasteiger partial charge on any atom is 0.0464 e. The average Bonchev–Trinajstić information content (AvgIpc) is 2.85. The van der Waals surface area contributed by atoms with Crippen LogP contribution in [-0.2, 0) is 0 Å². The molecule has 2 N–H and O–H groups in total. The topological polar surface area (TPSA) is 32.5 Å². The van der Waals surface area contributed by atoms with Gasteiger partial charge < -0.3 is 10.6 Å². The lowest BCUT2D eigenvalue weighted by Crippen LogP contribution is -2.52. The summed E-state index contributed by atoms with van der Waals surface area (Å²) in [6.07, 6.45) is 4.06. The van der Waals surface area contributed by atoms with Gasteiger partial charge in [0, 0.05) is 31.2 Å². The third-order valence-corrected chi connectivity index (χ3v) is 3.75. The molecule has 0 radical (unpaired) electrons. The highest BCUT2D eigenvalue weighted by molar-refractivity contribution is 5.02. The fourth-order valence-electron chi connectivity index (χ4n) is 2.35. The molecule has 0 aromatic rings. The van der Waals surface area contributed by atoms with E-state index in [2.05, 4.69) is 23.9 Å². The zero-order valence-electron chi connectivity index (χ0n) is 8.79. The minimum absolute atomic E-state index is 0.266. The molecule has 1 saturated carbocycles. The molecule has 1 unspecified atom stereocenters. The van der Waals surface area contributed by atoms with Crippen LogP contribution in [0, 0.1) is 0 Å². The van der Waals surface area contributed by atoms with Crippen molar-refractivity contribution < 1.29 is 0 Å². The zero-order valence-corrected chi connectivity index (χ0v) is 8.79. The van der Waals surface area contributed by atoms with Gasteiger partial charge in [0.15, 0.2) is 0 Å². The molecule has 0 aromatic heterocycles. The van der Waals surface area contributed by atoms with Crippen LogP contribution in [0.3, 0.4) is 0 Å². The highest BCUT2D eigenvalue weighted by atomic mass is 15.3. The van der Waals surface area contributed by atoms with E-state index in [9.17, 15) is 0 Å². The minimum Gasteiger partial charge on any atom is -0.329 e. The van der Waals surface area contributed by atoms with Gasteiger partial charge in [0.05, 0.1) is 0 Å². The molecule has 13 heavy (non-hydrogen) atoms. The van der Waals surface area contributed by atoms with Crippen molar-refractivity contribution in [3.05, 3.63) is 0 Å². The lowest BCUT2D eigenvalue weighted by Gasteiger charge is -2.35. The van der Waals surface area contributed by atoms with Crippen LogP contribution in [0.2, 0.25) is 0 Å². The van der Waals surface area contributed by atoms with Crippen molar-refractivity contribution in [1.82, 2.24) is 9.80 Å². The number of rotatable bonds is 3. The summed E-state index contributed by atoms with van der Waals surface area (Å²) >= 11 is 0. The molecule has 0 bridgehead atoms. The van der Waals surface area contributed by atoms with E-state index in [0.717, 1.165) is 12.6 Å². The Hall–Kier alpha value is -0.120. The van der Waals surface area contributed by atoms with Crippen LogP contribution in [0.25, 0.3) is 0 Å². The Kier molecular flexibility index (Phi) is 2.34. The van der Waals surface area contributed by atoms with E-state index in [0.29, 0.717) is 0 Å². The van der Waals surface area contributed by atoms with Crippen LogP contribution in [0.5, 0.6) is 0 Å². The van der Waals surface area contributed by atoms with Crippen LogP contribution in [0.4, 0.5) is 0 Å². The SMILES string of the molecule is CN(C)C1(CN)CCN(C2CC2)C1. The molecule has 2 fully saturated rings. The van der Waals surface area contributed by atoms with Crippen LogP contribution in [-0.4, -0.2) is 55.1 Å². The van der Waals surface area contributed by atoms with Crippen molar-refractivity contribution >= 4 is 0 Å². The molecule has 1 aliphatic heterocycles. The average molecular weight is 183 g/mol. The molecule has 76 valence electrons. The summed E-state index contributed by atoms with van der Waals surface area (Å²) < 4.78 is 0. The second kappa shape index (κ2) is 3.23. The third kappa shape index (κ3) is 1.60. The maximum absolute atomic E-state index is 5.88. The van der Waals surface area contributed by atoms with Gasteiger partial charge in [0.25, 0.3) is 0 Å². The lowest BCUT2D eigenvalue weighted by atomic mass is 9.97. The van der Waals surface area contributed by atoms with Gasteiger partial charge in [-0.15, -0.1) is 0 Å². The molecule has 1 heterocycles. The molecule has 3 heteroatoms. The zero-order chi connectivity index (χ0) is 9.47. The fourth-order valence-corrected chi connectivity index (χ4v) is 2.35. The van der Waals surface area contributed by atoms with Gasteiger partial charge in [-0.2, -0.15) is 0 Å². The Balaban J connectivity index is 1.99. The molecule has 0 aromatic carbocycles. The highest BCUT2D eigenvalue weighted by Crippen LogP contribution is 2.34. The molecule has 1 aliphatic carbocycles.